The Morgan fingerprint density at radius 3 is 2.80 bits per heavy atom. The highest BCUT2D eigenvalue weighted by Crippen LogP contribution is 2.18. The SMILES string of the molecule is Cn1ncc(Br)c1CN(CC(=O)O)Cc1ccccn1. The summed E-state index contributed by atoms with van der Waals surface area (Å²) in [5.74, 6) is -0.862. The van der Waals surface area contributed by atoms with Gasteiger partial charge in [0, 0.05) is 26.3 Å². The summed E-state index contributed by atoms with van der Waals surface area (Å²) in [4.78, 5) is 17.0. The molecule has 2 aromatic heterocycles. The molecule has 0 saturated heterocycles. The van der Waals surface area contributed by atoms with Gasteiger partial charge in [-0.1, -0.05) is 6.07 Å². The number of aryl methyl sites for hydroxylation is 1. The van der Waals surface area contributed by atoms with Crippen molar-refractivity contribution >= 4 is 21.9 Å². The van der Waals surface area contributed by atoms with Crippen LogP contribution in [0.5, 0.6) is 0 Å². The van der Waals surface area contributed by atoms with Crippen molar-refractivity contribution in [3.63, 3.8) is 0 Å². The van der Waals surface area contributed by atoms with E-state index in [1.165, 1.54) is 0 Å². The number of hydrogen-bond donors (Lipinski definition) is 1. The summed E-state index contributed by atoms with van der Waals surface area (Å²) in [6, 6.07) is 5.61. The van der Waals surface area contributed by atoms with E-state index in [-0.39, 0.29) is 6.54 Å². The molecule has 6 nitrogen and oxygen atoms in total. The predicted octanol–water partition coefficient (Wildman–Crippen LogP) is 1.66. The van der Waals surface area contributed by atoms with Crippen molar-refractivity contribution in [2.45, 2.75) is 13.1 Å². The van der Waals surface area contributed by atoms with E-state index in [2.05, 4.69) is 26.0 Å². The molecule has 0 unspecified atom stereocenters. The third-order valence-corrected chi connectivity index (χ3v) is 3.52. The number of carbonyl (C=O) groups is 1. The average Bonchev–Trinajstić information content (AvgIpc) is 2.71. The minimum absolute atomic E-state index is 0.0474. The molecule has 0 bridgehead atoms. The molecule has 1 N–H and O–H groups in total. The molecule has 2 heterocycles. The lowest BCUT2D eigenvalue weighted by Crippen LogP contribution is -2.30. The fraction of sp³-hybridized carbons (Fsp3) is 0.308. The number of nitrogens with zero attached hydrogens (tertiary/aromatic N) is 4. The molecule has 106 valence electrons. The Morgan fingerprint density at radius 1 is 1.45 bits per heavy atom. The number of aliphatic carboxylic acids is 1. The molecule has 20 heavy (non-hydrogen) atoms. The molecular weight excluding hydrogens is 324 g/mol. The summed E-state index contributed by atoms with van der Waals surface area (Å²) in [7, 11) is 1.83. The van der Waals surface area contributed by atoms with Crippen molar-refractivity contribution in [1.29, 1.82) is 0 Å². The monoisotopic (exact) mass is 338 g/mol. The van der Waals surface area contributed by atoms with Gasteiger partial charge in [-0.3, -0.25) is 19.4 Å². The summed E-state index contributed by atoms with van der Waals surface area (Å²) in [5.41, 5.74) is 1.77. The molecule has 0 saturated carbocycles. The molecule has 0 aromatic carbocycles. The lowest BCUT2D eigenvalue weighted by Gasteiger charge is -2.20. The number of pyridine rings is 1. The highest BCUT2D eigenvalue weighted by molar-refractivity contribution is 9.10. The van der Waals surface area contributed by atoms with E-state index in [9.17, 15) is 4.79 Å². The molecule has 0 amide bonds. The van der Waals surface area contributed by atoms with Crippen molar-refractivity contribution in [3.05, 3.63) is 46.5 Å². The van der Waals surface area contributed by atoms with E-state index >= 15 is 0 Å². The Balaban J connectivity index is 2.14. The summed E-state index contributed by atoms with van der Waals surface area (Å²) >= 11 is 3.42. The molecule has 0 fully saturated rings. The standard InChI is InChI=1S/C13H15BrN4O2/c1-17-12(11(14)6-16-17)8-18(9-13(19)20)7-10-4-2-3-5-15-10/h2-6H,7-9H2,1H3,(H,19,20). The molecule has 2 aromatic rings. The predicted molar refractivity (Wildman–Crippen MR) is 76.9 cm³/mol. The number of carboxylic acids is 1. The van der Waals surface area contributed by atoms with Gasteiger partial charge in [-0.2, -0.15) is 5.10 Å². The molecule has 7 heteroatoms. The van der Waals surface area contributed by atoms with Crippen LogP contribution in [0, 0.1) is 0 Å². The van der Waals surface area contributed by atoms with E-state index in [4.69, 9.17) is 5.11 Å². The third kappa shape index (κ3) is 3.88. The second-order valence-corrected chi connectivity index (χ2v) is 5.28. The smallest absolute Gasteiger partial charge is 0.317 e. The van der Waals surface area contributed by atoms with E-state index in [1.807, 2.05) is 30.1 Å². The van der Waals surface area contributed by atoms with Crippen LogP contribution >= 0.6 is 15.9 Å². The third-order valence-electron chi connectivity index (χ3n) is 2.85. The van der Waals surface area contributed by atoms with Crippen molar-refractivity contribution < 1.29 is 9.90 Å². The molecule has 0 aliphatic rings. The number of carboxylic acid groups (broad SMARTS) is 1. The minimum Gasteiger partial charge on any atom is -0.480 e. The Labute approximate surface area is 125 Å². The van der Waals surface area contributed by atoms with Gasteiger partial charge in [0.05, 0.1) is 28.6 Å². The average molecular weight is 339 g/mol. The van der Waals surface area contributed by atoms with Gasteiger partial charge in [-0.05, 0) is 28.1 Å². The van der Waals surface area contributed by atoms with Gasteiger partial charge in [0.1, 0.15) is 0 Å². The Bertz CT molecular complexity index is 566. The van der Waals surface area contributed by atoms with E-state index in [0.717, 1.165) is 15.9 Å². The van der Waals surface area contributed by atoms with Crippen molar-refractivity contribution in [2.24, 2.45) is 7.05 Å². The van der Waals surface area contributed by atoms with Crippen LogP contribution in [0.2, 0.25) is 0 Å². The highest BCUT2D eigenvalue weighted by Gasteiger charge is 2.15. The fourth-order valence-corrected chi connectivity index (χ4v) is 2.38. The minimum atomic E-state index is -0.862. The van der Waals surface area contributed by atoms with Crippen LogP contribution in [0.3, 0.4) is 0 Å². The summed E-state index contributed by atoms with van der Waals surface area (Å²) < 4.78 is 2.61. The molecule has 0 aliphatic heterocycles. The quantitative estimate of drug-likeness (QED) is 0.867. The largest absolute Gasteiger partial charge is 0.480 e. The normalized spacial score (nSPS) is 10.9. The van der Waals surface area contributed by atoms with Gasteiger partial charge in [-0.15, -0.1) is 0 Å². The van der Waals surface area contributed by atoms with Gasteiger partial charge >= 0.3 is 5.97 Å². The maximum atomic E-state index is 11.0. The summed E-state index contributed by atoms with van der Waals surface area (Å²) in [6.07, 6.45) is 3.41. The molecule has 2 rings (SSSR count). The van der Waals surface area contributed by atoms with Crippen LogP contribution in [0.4, 0.5) is 0 Å². The van der Waals surface area contributed by atoms with Crippen LogP contribution in [-0.4, -0.2) is 37.3 Å². The highest BCUT2D eigenvalue weighted by atomic mass is 79.9. The zero-order chi connectivity index (χ0) is 14.5. The maximum Gasteiger partial charge on any atom is 0.317 e. The summed E-state index contributed by atoms with van der Waals surface area (Å²) in [5, 5.41) is 13.2. The summed E-state index contributed by atoms with van der Waals surface area (Å²) in [6.45, 7) is 0.916. The first-order chi connectivity index (χ1) is 9.56. The lowest BCUT2D eigenvalue weighted by molar-refractivity contribution is -0.138. The van der Waals surface area contributed by atoms with Gasteiger partial charge in [0.2, 0.25) is 0 Å². The Kier molecular flexibility index (Phi) is 4.86. The Hall–Kier alpha value is -1.73. The van der Waals surface area contributed by atoms with Crippen LogP contribution in [0.15, 0.2) is 35.1 Å². The number of halogens is 1. The van der Waals surface area contributed by atoms with Crippen molar-refractivity contribution in [2.75, 3.05) is 6.54 Å². The van der Waals surface area contributed by atoms with E-state index < -0.39 is 5.97 Å². The van der Waals surface area contributed by atoms with Crippen molar-refractivity contribution in [3.8, 4) is 0 Å². The Morgan fingerprint density at radius 2 is 2.25 bits per heavy atom. The lowest BCUT2D eigenvalue weighted by atomic mass is 10.3. The first-order valence-corrected chi connectivity index (χ1v) is 6.86. The topological polar surface area (TPSA) is 71.2 Å². The van der Waals surface area contributed by atoms with E-state index in [0.29, 0.717) is 13.1 Å². The maximum absolute atomic E-state index is 11.0. The van der Waals surface area contributed by atoms with Gasteiger partial charge < -0.3 is 5.11 Å². The van der Waals surface area contributed by atoms with Crippen LogP contribution in [0.1, 0.15) is 11.4 Å². The van der Waals surface area contributed by atoms with Gasteiger partial charge in [-0.25, -0.2) is 0 Å². The first-order valence-electron chi connectivity index (χ1n) is 6.06. The first kappa shape index (κ1) is 14.7. The van der Waals surface area contributed by atoms with Crippen LogP contribution < -0.4 is 0 Å². The van der Waals surface area contributed by atoms with Crippen LogP contribution in [0.25, 0.3) is 0 Å². The molecule has 0 spiro atoms. The van der Waals surface area contributed by atoms with Gasteiger partial charge in [0.15, 0.2) is 0 Å². The second kappa shape index (κ2) is 6.62. The van der Waals surface area contributed by atoms with Crippen LogP contribution in [-0.2, 0) is 24.9 Å². The molecular formula is C13H15BrN4O2. The molecule has 0 aliphatic carbocycles. The fourth-order valence-electron chi connectivity index (χ4n) is 1.91. The molecule has 0 atom stereocenters. The van der Waals surface area contributed by atoms with Gasteiger partial charge in [0.25, 0.3) is 0 Å². The zero-order valence-electron chi connectivity index (χ0n) is 11.0. The zero-order valence-corrected chi connectivity index (χ0v) is 12.6. The van der Waals surface area contributed by atoms with Crippen molar-refractivity contribution in [1.82, 2.24) is 19.7 Å². The van der Waals surface area contributed by atoms with E-state index in [1.54, 1.807) is 17.1 Å². The number of hydrogen-bond acceptors (Lipinski definition) is 4. The molecule has 0 radical (unpaired) electrons. The second-order valence-electron chi connectivity index (χ2n) is 4.42. The number of aromatic nitrogens is 3. The number of rotatable bonds is 6.